The standard InChI is InChI=1S/C13H14F3NO2/c1-10-3-4-11(8-17)7-12(10)19-6-2-5-18-9-13(14,15)16/h3-4,7H,2,5-6,9H2,1H3. The summed E-state index contributed by atoms with van der Waals surface area (Å²) in [6, 6.07) is 7.03. The smallest absolute Gasteiger partial charge is 0.411 e. The SMILES string of the molecule is Cc1ccc(C#N)cc1OCCCOCC(F)(F)F. The molecule has 0 bridgehead atoms. The van der Waals surface area contributed by atoms with Gasteiger partial charge in [-0.3, -0.25) is 0 Å². The normalized spacial score (nSPS) is 11.1. The minimum Gasteiger partial charge on any atom is -0.493 e. The maximum absolute atomic E-state index is 11.8. The molecule has 0 spiro atoms. The summed E-state index contributed by atoms with van der Waals surface area (Å²) in [6.07, 6.45) is -3.94. The number of nitrogens with zero attached hydrogens (tertiary/aromatic N) is 1. The Balaban J connectivity index is 2.28. The summed E-state index contributed by atoms with van der Waals surface area (Å²) in [5.41, 5.74) is 1.35. The second-order valence-electron chi connectivity index (χ2n) is 3.96. The van der Waals surface area contributed by atoms with E-state index in [1.165, 1.54) is 0 Å². The van der Waals surface area contributed by atoms with E-state index in [1.807, 2.05) is 13.0 Å². The van der Waals surface area contributed by atoms with E-state index in [9.17, 15) is 13.2 Å². The molecule has 1 rings (SSSR count). The van der Waals surface area contributed by atoms with Crippen LogP contribution in [0.2, 0.25) is 0 Å². The Morgan fingerprint density at radius 1 is 1.26 bits per heavy atom. The van der Waals surface area contributed by atoms with Crippen molar-refractivity contribution < 1.29 is 22.6 Å². The van der Waals surface area contributed by atoms with Crippen molar-refractivity contribution in [2.24, 2.45) is 0 Å². The van der Waals surface area contributed by atoms with Crippen molar-refractivity contribution in [3.8, 4) is 11.8 Å². The van der Waals surface area contributed by atoms with Crippen molar-refractivity contribution in [2.45, 2.75) is 19.5 Å². The second-order valence-corrected chi connectivity index (χ2v) is 3.96. The van der Waals surface area contributed by atoms with Gasteiger partial charge in [0.2, 0.25) is 0 Å². The van der Waals surface area contributed by atoms with Gasteiger partial charge in [-0.15, -0.1) is 0 Å². The Labute approximate surface area is 109 Å². The van der Waals surface area contributed by atoms with Gasteiger partial charge in [-0.25, -0.2) is 0 Å². The van der Waals surface area contributed by atoms with E-state index in [1.54, 1.807) is 18.2 Å². The van der Waals surface area contributed by atoms with Crippen LogP contribution < -0.4 is 4.74 Å². The molecule has 0 fully saturated rings. The van der Waals surface area contributed by atoms with Gasteiger partial charge in [0.1, 0.15) is 12.4 Å². The zero-order valence-electron chi connectivity index (χ0n) is 10.5. The fraction of sp³-hybridized carbons (Fsp3) is 0.462. The largest absolute Gasteiger partial charge is 0.493 e. The number of rotatable bonds is 6. The fourth-order valence-corrected chi connectivity index (χ4v) is 1.36. The molecular weight excluding hydrogens is 259 g/mol. The molecule has 6 heteroatoms. The Morgan fingerprint density at radius 2 is 2.00 bits per heavy atom. The van der Waals surface area contributed by atoms with Gasteiger partial charge in [-0.2, -0.15) is 18.4 Å². The van der Waals surface area contributed by atoms with Crippen molar-refractivity contribution in [1.82, 2.24) is 0 Å². The fourth-order valence-electron chi connectivity index (χ4n) is 1.36. The van der Waals surface area contributed by atoms with Crippen LogP contribution >= 0.6 is 0 Å². The van der Waals surface area contributed by atoms with Crippen molar-refractivity contribution in [2.75, 3.05) is 19.8 Å². The number of hydrogen-bond donors (Lipinski definition) is 0. The predicted molar refractivity (Wildman–Crippen MR) is 62.9 cm³/mol. The minimum absolute atomic E-state index is 0.0174. The molecule has 0 radical (unpaired) electrons. The van der Waals surface area contributed by atoms with E-state index in [-0.39, 0.29) is 13.2 Å². The number of nitriles is 1. The van der Waals surface area contributed by atoms with Crippen LogP contribution in [0, 0.1) is 18.3 Å². The molecule has 0 aliphatic heterocycles. The van der Waals surface area contributed by atoms with Crippen molar-refractivity contribution in [3.63, 3.8) is 0 Å². The zero-order valence-corrected chi connectivity index (χ0v) is 10.5. The third kappa shape index (κ3) is 6.11. The Kier molecular flexibility index (Phi) is 5.64. The van der Waals surface area contributed by atoms with E-state index in [4.69, 9.17) is 10.00 Å². The van der Waals surface area contributed by atoms with E-state index >= 15 is 0 Å². The zero-order chi connectivity index (χ0) is 14.3. The highest BCUT2D eigenvalue weighted by Gasteiger charge is 2.27. The van der Waals surface area contributed by atoms with Crippen LogP contribution in [0.3, 0.4) is 0 Å². The molecule has 0 heterocycles. The first-order valence-electron chi connectivity index (χ1n) is 5.70. The van der Waals surface area contributed by atoms with Gasteiger partial charge in [0.25, 0.3) is 0 Å². The number of halogens is 3. The average Bonchev–Trinajstić information content (AvgIpc) is 2.34. The number of aryl methyl sites for hydroxylation is 1. The monoisotopic (exact) mass is 273 g/mol. The van der Waals surface area contributed by atoms with Gasteiger partial charge >= 0.3 is 6.18 Å². The van der Waals surface area contributed by atoms with Crippen LogP contribution in [0.15, 0.2) is 18.2 Å². The molecule has 0 N–H and O–H groups in total. The third-order valence-electron chi connectivity index (χ3n) is 2.27. The summed E-state index contributed by atoms with van der Waals surface area (Å²) in [5.74, 6) is 0.565. The van der Waals surface area contributed by atoms with Crippen LogP contribution in [0.5, 0.6) is 5.75 Å². The van der Waals surface area contributed by atoms with Crippen LogP contribution in [0.25, 0.3) is 0 Å². The lowest BCUT2D eigenvalue weighted by molar-refractivity contribution is -0.174. The maximum atomic E-state index is 11.8. The lowest BCUT2D eigenvalue weighted by atomic mass is 10.1. The third-order valence-corrected chi connectivity index (χ3v) is 2.27. The van der Waals surface area contributed by atoms with Gasteiger partial charge in [0.15, 0.2) is 0 Å². The average molecular weight is 273 g/mol. The quantitative estimate of drug-likeness (QED) is 0.747. The molecule has 3 nitrogen and oxygen atoms in total. The molecule has 0 aromatic heterocycles. The molecule has 19 heavy (non-hydrogen) atoms. The Morgan fingerprint density at radius 3 is 2.63 bits per heavy atom. The van der Waals surface area contributed by atoms with Crippen LogP contribution in [-0.2, 0) is 4.74 Å². The first-order valence-corrected chi connectivity index (χ1v) is 5.70. The first kappa shape index (κ1) is 15.3. The van der Waals surface area contributed by atoms with Crippen LogP contribution in [0.4, 0.5) is 13.2 Å². The van der Waals surface area contributed by atoms with Gasteiger partial charge < -0.3 is 9.47 Å². The highest BCUT2D eigenvalue weighted by molar-refractivity contribution is 5.41. The molecule has 0 saturated carbocycles. The summed E-state index contributed by atoms with van der Waals surface area (Å²) in [4.78, 5) is 0. The molecule has 1 aromatic rings. The predicted octanol–water partition coefficient (Wildman–Crippen LogP) is 3.21. The maximum Gasteiger partial charge on any atom is 0.411 e. The Hall–Kier alpha value is -1.74. The van der Waals surface area contributed by atoms with E-state index in [2.05, 4.69) is 4.74 Å². The van der Waals surface area contributed by atoms with E-state index in [0.717, 1.165) is 5.56 Å². The molecule has 104 valence electrons. The molecule has 0 saturated heterocycles. The summed E-state index contributed by atoms with van der Waals surface area (Å²) in [5, 5.41) is 8.74. The number of alkyl halides is 3. The summed E-state index contributed by atoms with van der Waals surface area (Å²) >= 11 is 0. The van der Waals surface area contributed by atoms with Gasteiger partial charge in [-0.1, -0.05) is 6.07 Å². The topological polar surface area (TPSA) is 42.2 Å². The van der Waals surface area contributed by atoms with Crippen LogP contribution in [0.1, 0.15) is 17.5 Å². The van der Waals surface area contributed by atoms with Gasteiger partial charge in [0, 0.05) is 6.42 Å². The molecule has 1 aromatic carbocycles. The van der Waals surface area contributed by atoms with Gasteiger partial charge in [-0.05, 0) is 24.6 Å². The minimum atomic E-state index is -4.29. The molecule has 0 aliphatic rings. The van der Waals surface area contributed by atoms with Crippen molar-refractivity contribution in [3.05, 3.63) is 29.3 Å². The lowest BCUT2D eigenvalue weighted by Gasteiger charge is -2.10. The highest BCUT2D eigenvalue weighted by atomic mass is 19.4. The first-order chi connectivity index (χ1) is 8.92. The molecule has 0 atom stereocenters. The summed E-state index contributed by atoms with van der Waals surface area (Å²) in [7, 11) is 0. The number of benzene rings is 1. The van der Waals surface area contributed by atoms with Crippen molar-refractivity contribution in [1.29, 1.82) is 5.26 Å². The highest BCUT2D eigenvalue weighted by Crippen LogP contribution is 2.19. The summed E-state index contributed by atoms with van der Waals surface area (Å²) < 4.78 is 45.2. The molecule has 0 aliphatic carbocycles. The lowest BCUT2D eigenvalue weighted by Crippen LogP contribution is -2.18. The number of ether oxygens (including phenoxy) is 2. The molecular formula is C13H14F3NO2. The van der Waals surface area contributed by atoms with Crippen molar-refractivity contribution >= 4 is 0 Å². The van der Waals surface area contributed by atoms with Gasteiger partial charge in [0.05, 0.1) is 24.8 Å². The van der Waals surface area contributed by atoms with E-state index < -0.39 is 12.8 Å². The van der Waals surface area contributed by atoms with Crippen LogP contribution in [-0.4, -0.2) is 26.0 Å². The molecule has 0 unspecified atom stereocenters. The Bertz CT molecular complexity index is 452. The summed E-state index contributed by atoms with van der Waals surface area (Å²) in [6.45, 7) is 0.816. The number of hydrogen-bond acceptors (Lipinski definition) is 3. The second kappa shape index (κ2) is 7.00. The van der Waals surface area contributed by atoms with E-state index in [0.29, 0.717) is 17.7 Å². The molecule has 0 amide bonds.